The standard InChI is InChI=1S/C58H37N5OSi2/c1-5-17-36(18-6-1)60-41-26-13-25-40-53(41)65-54-42(60)27-14-29-44(54)62(38-21-9-3-10-22-38)47-33-35-34-48-58-52(50(35)51(59-40)57(47)65)64-49-32-16-31-46-56(49)66(58)55-43(61(46)37-19-7-2-8-20-37)28-15-30-45(55)63(48)39-23-11-4-12-24-39/h1-34,59,65-66H. The van der Waals surface area contributed by atoms with Gasteiger partial charge >= 0.3 is 0 Å². The van der Waals surface area contributed by atoms with Crippen LogP contribution in [0.2, 0.25) is 0 Å². The number of ether oxygens (including phenoxy) is 1. The molecular formula is C58H37N5OSi2. The first-order chi connectivity index (χ1) is 32.8. The maximum atomic E-state index is 7.64. The summed E-state index contributed by atoms with van der Waals surface area (Å²) in [6, 6.07) is 76.2. The van der Waals surface area contributed by atoms with Gasteiger partial charge in [-0.1, -0.05) is 97.1 Å². The second kappa shape index (κ2) is 12.7. The molecule has 0 aliphatic carbocycles. The van der Waals surface area contributed by atoms with Crippen LogP contribution in [0.3, 0.4) is 0 Å². The number of nitrogens with zero attached hydrogens (tertiary/aromatic N) is 4. The minimum Gasteiger partial charge on any atom is -0.457 e. The monoisotopic (exact) mass is 875 g/mol. The summed E-state index contributed by atoms with van der Waals surface area (Å²) in [6.45, 7) is 0. The summed E-state index contributed by atoms with van der Waals surface area (Å²) in [5.74, 6) is 1.98. The second-order valence-corrected chi connectivity index (χ2v) is 23.2. The maximum Gasteiger partial charge on any atom is 0.153 e. The number of hydrogen-bond donors (Lipinski definition) is 1. The predicted molar refractivity (Wildman–Crippen MR) is 278 cm³/mol. The molecule has 1 N–H and O–H groups in total. The second-order valence-electron chi connectivity index (χ2n) is 18.0. The van der Waals surface area contributed by atoms with Crippen LogP contribution >= 0.6 is 0 Å². The van der Waals surface area contributed by atoms with E-state index in [0.29, 0.717) is 0 Å². The predicted octanol–water partition coefficient (Wildman–Crippen LogP) is 10.6. The van der Waals surface area contributed by atoms with E-state index in [4.69, 9.17) is 4.74 Å². The number of fused-ring (bicyclic) bond motifs is 3. The van der Waals surface area contributed by atoms with Crippen molar-refractivity contribution in [1.82, 2.24) is 0 Å². The molecule has 0 fully saturated rings. The smallest absolute Gasteiger partial charge is 0.153 e. The van der Waals surface area contributed by atoms with Crippen LogP contribution < -0.4 is 60.8 Å². The SMILES string of the molecule is c1ccc(N2c3cccc4c3[SiH]3c5c2cccc5N(c2ccccc2)c2cc5cc6c7c(c5c(c23)N4)Oc2cccc3c2[SiH]7c2c(cccc2N6c2ccccc2)N3c2ccccc2)cc1. The van der Waals surface area contributed by atoms with Crippen LogP contribution in [0.15, 0.2) is 206 Å². The summed E-state index contributed by atoms with van der Waals surface area (Å²) in [7, 11) is -4.33. The molecule has 0 bridgehead atoms. The highest BCUT2D eigenvalue weighted by molar-refractivity contribution is 7.03. The van der Waals surface area contributed by atoms with Crippen molar-refractivity contribution >= 4 is 139 Å². The highest BCUT2D eigenvalue weighted by Gasteiger charge is 2.51. The fourth-order valence-corrected chi connectivity index (χ4v) is 20.3. The summed E-state index contributed by atoms with van der Waals surface area (Å²) in [4.78, 5) is 10.0. The van der Waals surface area contributed by atoms with Crippen LogP contribution in [0, 0.1) is 0 Å². The molecule has 0 saturated heterocycles. The molecule has 2 unspecified atom stereocenters. The van der Waals surface area contributed by atoms with Crippen molar-refractivity contribution in [2.45, 2.75) is 0 Å². The summed E-state index contributed by atoms with van der Waals surface area (Å²) in [5.41, 5.74) is 17.0. The van der Waals surface area contributed by atoms with Gasteiger partial charge in [0, 0.05) is 84.0 Å². The van der Waals surface area contributed by atoms with Crippen LogP contribution in [0.25, 0.3) is 10.8 Å². The average molecular weight is 876 g/mol. The molecule has 16 rings (SSSR count). The maximum absolute atomic E-state index is 7.64. The molecule has 66 heavy (non-hydrogen) atoms. The van der Waals surface area contributed by atoms with Crippen molar-refractivity contribution in [3.8, 4) is 11.5 Å². The van der Waals surface area contributed by atoms with Crippen molar-refractivity contribution in [2.75, 3.05) is 24.9 Å². The van der Waals surface area contributed by atoms with Gasteiger partial charge in [-0.3, -0.25) is 0 Å². The molecule has 0 saturated carbocycles. The fraction of sp³-hybridized carbons (Fsp3) is 0. The van der Waals surface area contributed by atoms with Gasteiger partial charge in [0.05, 0.1) is 11.4 Å². The molecule has 6 nitrogen and oxygen atoms in total. The highest BCUT2D eigenvalue weighted by Crippen LogP contribution is 2.54. The van der Waals surface area contributed by atoms with Crippen LogP contribution in [0.5, 0.6) is 11.5 Å². The molecule has 308 valence electrons. The molecule has 6 heterocycles. The molecule has 6 aliphatic rings. The zero-order valence-electron chi connectivity index (χ0n) is 35.5. The van der Waals surface area contributed by atoms with Gasteiger partial charge < -0.3 is 29.7 Å². The zero-order chi connectivity index (χ0) is 42.8. The van der Waals surface area contributed by atoms with Crippen molar-refractivity contribution in [3.63, 3.8) is 0 Å². The van der Waals surface area contributed by atoms with Crippen LogP contribution in [-0.2, 0) is 0 Å². The lowest BCUT2D eigenvalue weighted by Gasteiger charge is -2.49. The molecule has 0 radical (unpaired) electrons. The normalized spacial score (nSPS) is 16.6. The molecule has 10 aromatic rings. The Labute approximate surface area is 384 Å². The highest BCUT2D eigenvalue weighted by atomic mass is 28.3. The van der Waals surface area contributed by atoms with Gasteiger partial charge in [0.25, 0.3) is 0 Å². The number of hydrogen-bond acceptors (Lipinski definition) is 6. The largest absolute Gasteiger partial charge is 0.457 e. The lowest BCUT2D eigenvalue weighted by Crippen LogP contribution is -2.64. The van der Waals surface area contributed by atoms with Crippen LogP contribution in [-0.4, -0.2) is 17.6 Å². The Balaban J connectivity index is 1.04. The number of anilines is 14. The molecular weight excluding hydrogens is 839 g/mol. The zero-order valence-corrected chi connectivity index (χ0v) is 37.8. The van der Waals surface area contributed by atoms with Gasteiger partial charge in [-0.05, 0) is 135 Å². The van der Waals surface area contributed by atoms with E-state index in [-0.39, 0.29) is 0 Å². The first-order valence-corrected chi connectivity index (χ1v) is 26.3. The molecule has 10 aromatic carbocycles. The van der Waals surface area contributed by atoms with E-state index in [9.17, 15) is 0 Å². The topological polar surface area (TPSA) is 34.2 Å². The third kappa shape index (κ3) is 4.35. The van der Waals surface area contributed by atoms with E-state index >= 15 is 0 Å². The van der Waals surface area contributed by atoms with E-state index in [1.54, 1.807) is 0 Å². The minimum absolute atomic E-state index is 0.972. The van der Waals surface area contributed by atoms with Crippen LogP contribution in [0.1, 0.15) is 0 Å². The Bertz CT molecular complexity index is 3510. The summed E-state index contributed by atoms with van der Waals surface area (Å²) in [6.07, 6.45) is 0. The Morgan fingerprint density at radius 3 is 1.23 bits per heavy atom. The van der Waals surface area contributed by atoms with Gasteiger partial charge in [0.15, 0.2) is 8.80 Å². The van der Waals surface area contributed by atoms with Gasteiger partial charge in [0.1, 0.15) is 20.3 Å². The van der Waals surface area contributed by atoms with Gasteiger partial charge in [-0.15, -0.1) is 0 Å². The van der Waals surface area contributed by atoms with E-state index in [2.05, 4.69) is 231 Å². The fourth-order valence-electron chi connectivity index (χ4n) is 12.5. The van der Waals surface area contributed by atoms with Crippen molar-refractivity contribution < 1.29 is 4.74 Å². The third-order valence-electron chi connectivity index (χ3n) is 14.9. The van der Waals surface area contributed by atoms with Crippen molar-refractivity contribution in [3.05, 3.63) is 206 Å². The first kappa shape index (κ1) is 35.1. The molecule has 0 spiro atoms. The minimum atomic E-state index is -2.18. The summed E-state index contributed by atoms with van der Waals surface area (Å²) in [5, 5.41) is 15.0. The number of benzene rings is 10. The Morgan fingerprint density at radius 2 is 0.727 bits per heavy atom. The number of para-hydroxylation sites is 4. The lowest BCUT2D eigenvalue weighted by molar-refractivity contribution is 0.493. The molecule has 0 amide bonds. The van der Waals surface area contributed by atoms with Gasteiger partial charge in [-0.25, -0.2) is 0 Å². The van der Waals surface area contributed by atoms with Crippen molar-refractivity contribution in [1.29, 1.82) is 0 Å². The van der Waals surface area contributed by atoms with Crippen molar-refractivity contribution in [2.24, 2.45) is 0 Å². The number of nitrogens with one attached hydrogen (secondary N) is 1. The van der Waals surface area contributed by atoms with E-state index in [1.807, 2.05) is 0 Å². The third-order valence-corrected chi connectivity index (χ3v) is 21.8. The molecule has 0 aromatic heterocycles. The molecule has 8 heteroatoms. The average Bonchev–Trinajstić information content (AvgIpc) is 3.37. The van der Waals surface area contributed by atoms with E-state index in [1.165, 1.54) is 99.1 Å². The molecule has 6 aliphatic heterocycles. The quantitative estimate of drug-likeness (QED) is 0.178. The van der Waals surface area contributed by atoms with Crippen LogP contribution in [0.4, 0.5) is 79.6 Å². The Kier molecular flexibility index (Phi) is 6.75. The molecule has 2 atom stereocenters. The summed E-state index contributed by atoms with van der Waals surface area (Å²) >= 11 is 0. The summed E-state index contributed by atoms with van der Waals surface area (Å²) < 4.78 is 7.64. The van der Waals surface area contributed by atoms with E-state index in [0.717, 1.165) is 33.9 Å². The number of rotatable bonds is 4. The van der Waals surface area contributed by atoms with Gasteiger partial charge in [-0.2, -0.15) is 0 Å². The Morgan fingerprint density at radius 1 is 0.333 bits per heavy atom. The first-order valence-electron chi connectivity index (χ1n) is 22.8. The Hall–Kier alpha value is -8.31. The lowest BCUT2D eigenvalue weighted by atomic mass is 10.00. The van der Waals surface area contributed by atoms with E-state index < -0.39 is 17.6 Å². The van der Waals surface area contributed by atoms with Gasteiger partial charge in [0.2, 0.25) is 0 Å².